The van der Waals surface area contributed by atoms with Gasteiger partial charge in [-0.3, -0.25) is 9.78 Å². The van der Waals surface area contributed by atoms with E-state index in [2.05, 4.69) is 4.98 Å². The van der Waals surface area contributed by atoms with Crippen molar-refractivity contribution >= 4 is 29.1 Å². The number of hydrogen-bond donors (Lipinski definition) is 0. The third kappa shape index (κ3) is 4.84. The van der Waals surface area contributed by atoms with Gasteiger partial charge in [-0.15, -0.1) is 0 Å². The average Bonchev–Trinajstić information content (AvgIpc) is 2.68. The first kappa shape index (κ1) is 18.4. The number of amides is 1. The number of aromatic nitrogens is 1. The van der Waals surface area contributed by atoms with Gasteiger partial charge in [0.1, 0.15) is 0 Å². The summed E-state index contributed by atoms with van der Waals surface area (Å²) in [5.41, 5.74) is 2.55. The van der Waals surface area contributed by atoms with E-state index in [-0.39, 0.29) is 5.91 Å². The van der Waals surface area contributed by atoms with Crippen LogP contribution in [-0.4, -0.2) is 22.3 Å². The molecule has 0 atom stereocenters. The SMILES string of the molecule is O=C(c1ccc(Cl)c(Cl)c1)N(CCc1ccccn1)Cc1ccccc1. The van der Waals surface area contributed by atoms with E-state index in [0.29, 0.717) is 35.1 Å². The van der Waals surface area contributed by atoms with Crippen molar-refractivity contribution in [3.05, 3.63) is 99.8 Å². The van der Waals surface area contributed by atoms with Crippen molar-refractivity contribution in [1.82, 2.24) is 9.88 Å². The van der Waals surface area contributed by atoms with Crippen LogP contribution in [0.3, 0.4) is 0 Å². The molecule has 132 valence electrons. The second-order valence-electron chi connectivity index (χ2n) is 5.91. The van der Waals surface area contributed by atoms with E-state index in [1.807, 2.05) is 53.4 Å². The zero-order valence-corrected chi connectivity index (χ0v) is 15.6. The van der Waals surface area contributed by atoms with E-state index in [9.17, 15) is 4.79 Å². The molecule has 0 fully saturated rings. The van der Waals surface area contributed by atoms with Gasteiger partial charge in [0.25, 0.3) is 5.91 Å². The molecule has 1 amide bonds. The molecule has 0 spiro atoms. The van der Waals surface area contributed by atoms with Crippen LogP contribution in [0.1, 0.15) is 21.6 Å². The molecule has 26 heavy (non-hydrogen) atoms. The molecule has 5 heteroatoms. The summed E-state index contributed by atoms with van der Waals surface area (Å²) in [6.07, 6.45) is 2.44. The highest BCUT2D eigenvalue weighted by Gasteiger charge is 2.17. The first-order valence-electron chi connectivity index (χ1n) is 8.31. The van der Waals surface area contributed by atoms with E-state index < -0.39 is 0 Å². The molecule has 0 unspecified atom stereocenters. The zero-order chi connectivity index (χ0) is 18.4. The number of rotatable bonds is 6. The molecule has 1 heterocycles. The van der Waals surface area contributed by atoms with Crippen LogP contribution in [0.2, 0.25) is 10.0 Å². The summed E-state index contributed by atoms with van der Waals surface area (Å²) >= 11 is 12.1. The number of hydrogen-bond acceptors (Lipinski definition) is 2. The van der Waals surface area contributed by atoms with Crippen LogP contribution in [0.4, 0.5) is 0 Å². The summed E-state index contributed by atoms with van der Waals surface area (Å²) in [6.45, 7) is 1.08. The van der Waals surface area contributed by atoms with Crippen molar-refractivity contribution in [3.63, 3.8) is 0 Å². The molecule has 0 bridgehead atoms. The lowest BCUT2D eigenvalue weighted by Crippen LogP contribution is -2.32. The highest BCUT2D eigenvalue weighted by atomic mass is 35.5. The van der Waals surface area contributed by atoms with Crippen molar-refractivity contribution in [1.29, 1.82) is 0 Å². The van der Waals surface area contributed by atoms with E-state index in [1.165, 1.54) is 0 Å². The maximum atomic E-state index is 13.0. The summed E-state index contributed by atoms with van der Waals surface area (Å²) < 4.78 is 0. The van der Waals surface area contributed by atoms with Gasteiger partial charge in [0.2, 0.25) is 0 Å². The van der Waals surface area contributed by atoms with Crippen LogP contribution in [0.25, 0.3) is 0 Å². The van der Waals surface area contributed by atoms with Gasteiger partial charge in [0.15, 0.2) is 0 Å². The third-order valence-electron chi connectivity index (χ3n) is 4.03. The summed E-state index contributed by atoms with van der Waals surface area (Å²) in [6, 6.07) is 20.7. The van der Waals surface area contributed by atoms with E-state index >= 15 is 0 Å². The lowest BCUT2D eigenvalue weighted by Gasteiger charge is -2.23. The molecule has 0 aliphatic heterocycles. The number of nitrogens with zero attached hydrogens (tertiary/aromatic N) is 2. The normalized spacial score (nSPS) is 10.5. The number of pyridine rings is 1. The summed E-state index contributed by atoms with van der Waals surface area (Å²) in [5, 5.41) is 0.813. The van der Waals surface area contributed by atoms with Crippen molar-refractivity contribution in [2.45, 2.75) is 13.0 Å². The molecule has 3 aromatic rings. The Kier molecular flexibility index (Phi) is 6.26. The molecule has 0 radical (unpaired) electrons. The summed E-state index contributed by atoms with van der Waals surface area (Å²) in [7, 11) is 0. The molecular weight excluding hydrogens is 367 g/mol. The van der Waals surface area contributed by atoms with Crippen molar-refractivity contribution in [2.75, 3.05) is 6.54 Å². The fraction of sp³-hybridized carbons (Fsp3) is 0.143. The fourth-order valence-electron chi connectivity index (χ4n) is 2.66. The van der Waals surface area contributed by atoms with Crippen LogP contribution in [0, 0.1) is 0 Å². The monoisotopic (exact) mass is 384 g/mol. The summed E-state index contributed by atoms with van der Waals surface area (Å²) in [5.74, 6) is -0.0802. The Bertz CT molecular complexity index is 870. The Morgan fingerprint density at radius 3 is 2.38 bits per heavy atom. The number of benzene rings is 2. The van der Waals surface area contributed by atoms with Gasteiger partial charge in [0, 0.05) is 37.0 Å². The van der Waals surface area contributed by atoms with Gasteiger partial charge < -0.3 is 4.90 Å². The first-order valence-corrected chi connectivity index (χ1v) is 9.07. The molecule has 0 aliphatic rings. The molecule has 0 aliphatic carbocycles. The molecule has 0 saturated heterocycles. The van der Waals surface area contributed by atoms with Crippen molar-refractivity contribution in [2.24, 2.45) is 0 Å². The predicted molar refractivity (Wildman–Crippen MR) is 106 cm³/mol. The van der Waals surface area contributed by atoms with Gasteiger partial charge in [-0.2, -0.15) is 0 Å². The molecule has 1 aromatic heterocycles. The maximum Gasteiger partial charge on any atom is 0.254 e. The molecule has 0 N–H and O–H groups in total. The van der Waals surface area contributed by atoms with Gasteiger partial charge in [-0.25, -0.2) is 0 Å². The first-order chi connectivity index (χ1) is 12.6. The topological polar surface area (TPSA) is 33.2 Å². The molecule has 3 rings (SSSR count). The van der Waals surface area contributed by atoms with Gasteiger partial charge in [0.05, 0.1) is 10.0 Å². The molecule has 0 saturated carbocycles. The minimum absolute atomic E-state index is 0.0802. The molecular formula is C21H18Cl2N2O. The van der Waals surface area contributed by atoms with Crippen molar-refractivity contribution < 1.29 is 4.79 Å². The fourth-order valence-corrected chi connectivity index (χ4v) is 2.96. The zero-order valence-electron chi connectivity index (χ0n) is 14.1. The van der Waals surface area contributed by atoms with Crippen molar-refractivity contribution in [3.8, 4) is 0 Å². The minimum Gasteiger partial charge on any atom is -0.334 e. The lowest BCUT2D eigenvalue weighted by atomic mass is 10.1. The van der Waals surface area contributed by atoms with Crippen LogP contribution >= 0.6 is 23.2 Å². The maximum absolute atomic E-state index is 13.0. The highest BCUT2D eigenvalue weighted by Crippen LogP contribution is 2.23. The van der Waals surface area contributed by atoms with Crippen LogP contribution in [0.15, 0.2) is 72.9 Å². The number of carbonyl (C=O) groups is 1. The highest BCUT2D eigenvalue weighted by molar-refractivity contribution is 6.42. The minimum atomic E-state index is -0.0802. The van der Waals surface area contributed by atoms with Crippen LogP contribution in [-0.2, 0) is 13.0 Å². The van der Waals surface area contributed by atoms with E-state index in [4.69, 9.17) is 23.2 Å². The Balaban J connectivity index is 1.81. The quantitative estimate of drug-likeness (QED) is 0.579. The Labute approximate surface area is 163 Å². The van der Waals surface area contributed by atoms with E-state index in [1.54, 1.807) is 24.4 Å². The van der Waals surface area contributed by atoms with Gasteiger partial charge in [-0.1, -0.05) is 59.6 Å². The van der Waals surface area contributed by atoms with Gasteiger partial charge in [-0.05, 0) is 35.9 Å². The molecule has 2 aromatic carbocycles. The second kappa shape index (κ2) is 8.84. The molecule has 3 nitrogen and oxygen atoms in total. The largest absolute Gasteiger partial charge is 0.334 e. The summed E-state index contributed by atoms with van der Waals surface area (Å²) in [4.78, 5) is 19.2. The Hall–Kier alpha value is -2.36. The van der Waals surface area contributed by atoms with E-state index in [0.717, 1.165) is 11.3 Å². The van der Waals surface area contributed by atoms with Gasteiger partial charge >= 0.3 is 0 Å². The number of carbonyl (C=O) groups excluding carboxylic acids is 1. The standard InChI is InChI=1S/C21H18Cl2N2O/c22-19-10-9-17(14-20(19)23)21(26)25(15-16-6-2-1-3-7-16)13-11-18-8-4-5-12-24-18/h1-10,12,14H,11,13,15H2. The Morgan fingerprint density at radius 2 is 1.69 bits per heavy atom. The smallest absolute Gasteiger partial charge is 0.254 e. The lowest BCUT2D eigenvalue weighted by molar-refractivity contribution is 0.0744. The average molecular weight is 385 g/mol. The van der Waals surface area contributed by atoms with Crippen LogP contribution in [0.5, 0.6) is 0 Å². The predicted octanol–water partition coefficient (Wildman–Crippen LogP) is 5.27. The Morgan fingerprint density at radius 1 is 0.923 bits per heavy atom. The third-order valence-corrected chi connectivity index (χ3v) is 4.77. The number of halogens is 2. The second-order valence-corrected chi connectivity index (χ2v) is 6.73. The van der Waals surface area contributed by atoms with Crippen LogP contribution < -0.4 is 0 Å².